The van der Waals surface area contributed by atoms with Crippen molar-refractivity contribution in [3.63, 3.8) is 0 Å². The fraction of sp³-hybridized carbons (Fsp3) is 0.318. The molecule has 1 aliphatic rings. The largest absolute Gasteiger partial charge is 0.497 e. The lowest BCUT2D eigenvalue weighted by atomic mass is 9.94. The molecule has 1 aliphatic heterocycles. The van der Waals surface area contributed by atoms with Crippen LogP contribution >= 0.6 is 0 Å². The maximum atomic E-state index is 5.27. The fourth-order valence-electron chi connectivity index (χ4n) is 3.74. The van der Waals surface area contributed by atoms with E-state index in [2.05, 4.69) is 57.7 Å². The molecule has 0 amide bonds. The third-order valence-electron chi connectivity index (χ3n) is 5.30. The second-order valence-corrected chi connectivity index (χ2v) is 7.14. The first kappa shape index (κ1) is 18.7. The first-order valence-electron chi connectivity index (χ1n) is 9.71. The van der Waals surface area contributed by atoms with E-state index in [1.165, 1.54) is 16.7 Å². The maximum absolute atomic E-state index is 5.27. The monoisotopic (exact) mass is 377 g/mol. The van der Waals surface area contributed by atoms with E-state index in [1.54, 1.807) is 7.11 Å². The Morgan fingerprint density at radius 2 is 1.93 bits per heavy atom. The van der Waals surface area contributed by atoms with Gasteiger partial charge in [-0.3, -0.25) is 10.1 Å². The molecule has 2 unspecified atom stereocenters. The number of aromatic nitrogens is 2. The quantitative estimate of drug-likeness (QED) is 0.563. The Balaban J connectivity index is 1.35. The van der Waals surface area contributed by atoms with Crippen LogP contribution in [-0.2, 0) is 13.1 Å². The average molecular weight is 377 g/mol. The normalized spacial score (nSPS) is 19.0. The fourth-order valence-corrected chi connectivity index (χ4v) is 3.74. The second kappa shape index (κ2) is 9.01. The van der Waals surface area contributed by atoms with Crippen LogP contribution in [-0.4, -0.2) is 30.0 Å². The van der Waals surface area contributed by atoms with Gasteiger partial charge in [0.15, 0.2) is 0 Å². The number of hydrazine groups is 1. The number of nitrogens with zero attached hydrogens (tertiary/aromatic N) is 2. The van der Waals surface area contributed by atoms with Gasteiger partial charge >= 0.3 is 0 Å². The van der Waals surface area contributed by atoms with Gasteiger partial charge in [0.1, 0.15) is 5.75 Å². The molecule has 0 bridgehead atoms. The molecule has 146 valence electrons. The summed E-state index contributed by atoms with van der Waals surface area (Å²) in [5.74, 6) is 1.37. The summed E-state index contributed by atoms with van der Waals surface area (Å²) in [6, 6.07) is 19.1. The van der Waals surface area contributed by atoms with Gasteiger partial charge in [-0.05, 0) is 34.9 Å². The van der Waals surface area contributed by atoms with Gasteiger partial charge in [-0.25, -0.2) is 5.43 Å². The SMILES string of the molecule is COc1ccc(C2NNCC2CNCc2ccccc2Cn2cccn2)cc1. The molecular weight excluding hydrogens is 350 g/mol. The molecule has 3 N–H and O–H groups in total. The number of nitrogens with one attached hydrogen (secondary N) is 3. The van der Waals surface area contributed by atoms with Crippen LogP contribution in [0.2, 0.25) is 0 Å². The summed E-state index contributed by atoms with van der Waals surface area (Å²) in [5, 5.41) is 7.97. The molecular formula is C22H27N5O. The molecule has 1 saturated heterocycles. The molecule has 3 aromatic rings. The van der Waals surface area contributed by atoms with Crippen LogP contribution < -0.4 is 20.9 Å². The molecule has 2 aromatic carbocycles. The lowest BCUT2D eigenvalue weighted by Crippen LogP contribution is -2.28. The van der Waals surface area contributed by atoms with Crippen LogP contribution in [0.25, 0.3) is 0 Å². The van der Waals surface area contributed by atoms with Gasteiger partial charge < -0.3 is 10.1 Å². The summed E-state index contributed by atoms with van der Waals surface area (Å²) < 4.78 is 7.23. The van der Waals surface area contributed by atoms with Gasteiger partial charge in [-0.1, -0.05) is 36.4 Å². The van der Waals surface area contributed by atoms with E-state index in [1.807, 2.05) is 35.3 Å². The molecule has 0 spiro atoms. The van der Waals surface area contributed by atoms with E-state index >= 15 is 0 Å². The van der Waals surface area contributed by atoms with Gasteiger partial charge in [0, 0.05) is 37.9 Å². The van der Waals surface area contributed by atoms with Gasteiger partial charge in [0.2, 0.25) is 0 Å². The van der Waals surface area contributed by atoms with Crippen LogP contribution in [0.4, 0.5) is 0 Å². The van der Waals surface area contributed by atoms with E-state index in [0.29, 0.717) is 5.92 Å². The number of ether oxygens (including phenoxy) is 1. The Morgan fingerprint density at radius 3 is 2.68 bits per heavy atom. The summed E-state index contributed by atoms with van der Waals surface area (Å²) in [6.07, 6.45) is 3.82. The predicted octanol–water partition coefficient (Wildman–Crippen LogP) is 2.49. The minimum atomic E-state index is 0.290. The third kappa shape index (κ3) is 4.42. The third-order valence-corrected chi connectivity index (χ3v) is 5.30. The summed E-state index contributed by atoms with van der Waals surface area (Å²) >= 11 is 0. The second-order valence-electron chi connectivity index (χ2n) is 7.14. The number of hydrogen-bond acceptors (Lipinski definition) is 5. The summed E-state index contributed by atoms with van der Waals surface area (Å²) in [5.41, 5.74) is 10.6. The highest BCUT2D eigenvalue weighted by Gasteiger charge is 2.27. The lowest BCUT2D eigenvalue weighted by Gasteiger charge is -2.20. The molecule has 4 rings (SSSR count). The Kier molecular flexibility index (Phi) is 6.01. The van der Waals surface area contributed by atoms with E-state index in [9.17, 15) is 0 Å². The molecule has 0 radical (unpaired) electrons. The molecule has 6 heteroatoms. The molecule has 2 atom stereocenters. The van der Waals surface area contributed by atoms with Crippen LogP contribution in [0.3, 0.4) is 0 Å². The standard InChI is InChI=1S/C22H27N5O/c1-28-21-9-7-17(8-10-21)22-20(15-24-26-22)14-23-13-18-5-2-3-6-19(18)16-27-12-4-11-25-27/h2-12,20,22-24,26H,13-16H2,1H3. The van der Waals surface area contributed by atoms with Crippen LogP contribution in [0.15, 0.2) is 67.0 Å². The topological polar surface area (TPSA) is 63.1 Å². The number of rotatable bonds is 8. The average Bonchev–Trinajstić information content (AvgIpc) is 3.41. The van der Waals surface area contributed by atoms with Crippen molar-refractivity contribution >= 4 is 0 Å². The van der Waals surface area contributed by atoms with Crippen molar-refractivity contribution in [1.82, 2.24) is 25.9 Å². The van der Waals surface area contributed by atoms with Gasteiger partial charge in [-0.2, -0.15) is 5.10 Å². The highest BCUT2D eigenvalue weighted by Crippen LogP contribution is 2.26. The van der Waals surface area contributed by atoms with Crippen molar-refractivity contribution in [2.75, 3.05) is 20.2 Å². The Morgan fingerprint density at radius 1 is 1.11 bits per heavy atom. The van der Waals surface area contributed by atoms with Crippen molar-refractivity contribution in [3.05, 3.63) is 83.7 Å². The molecule has 0 aliphatic carbocycles. The number of methoxy groups -OCH3 is 1. The molecule has 6 nitrogen and oxygen atoms in total. The smallest absolute Gasteiger partial charge is 0.118 e. The predicted molar refractivity (Wildman–Crippen MR) is 110 cm³/mol. The van der Waals surface area contributed by atoms with E-state index in [0.717, 1.165) is 31.9 Å². The van der Waals surface area contributed by atoms with Crippen molar-refractivity contribution in [2.24, 2.45) is 5.92 Å². The molecule has 0 saturated carbocycles. The van der Waals surface area contributed by atoms with Crippen molar-refractivity contribution in [3.8, 4) is 5.75 Å². The van der Waals surface area contributed by atoms with Crippen LogP contribution in [0.1, 0.15) is 22.7 Å². The Bertz CT molecular complexity index is 863. The highest BCUT2D eigenvalue weighted by atomic mass is 16.5. The number of benzene rings is 2. The van der Waals surface area contributed by atoms with E-state index in [4.69, 9.17) is 4.74 Å². The van der Waals surface area contributed by atoms with Crippen molar-refractivity contribution in [1.29, 1.82) is 0 Å². The first-order chi connectivity index (χ1) is 13.8. The Labute approximate surface area is 165 Å². The molecule has 2 heterocycles. The molecule has 28 heavy (non-hydrogen) atoms. The minimum absolute atomic E-state index is 0.290. The minimum Gasteiger partial charge on any atom is -0.497 e. The van der Waals surface area contributed by atoms with Crippen molar-refractivity contribution in [2.45, 2.75) is 19.1 Å². The van der Waals surface area contributed by atoms with Gasteiger partial charge in [0.25, 0.3) is 0 Å². The first-order valence-corrected chi connectivity index (χ1v) is 9.71. The number of hydrogen-bond donors (Lipinski definition) is 3. The maximum Gasteiger partial charge on any atom is 0.118 e. The van der Waals surface area contributed by atoms with E-state index in [-0.39, 0.29) is 6.04 Å². The molecule has 1 aromatic heterocycles. The van der Waals surface area contributed by atoms with Gasteiger partial charge in [0.05, 0.1) is 19.7 Å². The highest BCUT2D eigenvalue weighted by molar-refractivity contribution is 5.30. The van der Waals surface area contributed by atoms with Crippen molar-refractivity contribution < 1.29 is 4.74 Å². The van der Waals surface area contributed by atoms with Gasteiger partial charge in [-0.15, -0.1) is 0 Å². The zero-order valence-electron chi connectivity index (χ0n) is 16.1. The zero-order valence-corrected chi connectivity index (χ0v) is 16.1. The summed E-state index contributed by atoms with van der Waals surface area (Å²) in [4.78, 5) is 0. The molecule has 1 fully saturated rings. The Hall–Kier alpha value is -2.67. The lowest BCUT2D eigenvalue weighted by molar-refractivity contribution is 0.413. The summed E-state index contributed by atoms with van der Waals surface area (Å²) in [7, 11) is 1.70. The van der Waals surface area contributed by atoms with E-state index < -0.39 is 0 Å². The zero-order chi connectivity index (χ0) is 19.2. The van der Waals surface area contributed by atoms with Crippen LogP contribution in [0.5, 0.6) is 5.75 Å². The summed E-state index contributed by atoms with van der Waals surface area (Å²) in [6.45, 7) is 3.53. The van der Waals surface area contributed by atoms with Crippen LogP contribution in [0, 0.1) is 5.92 Å².